The average molecular weight is 592 g/mol. The number of thiophene rings is 1. The lowest BCUT2D eigenvalue weighted by Crippen LogP contribution is -2.21. The largest absolute Gasteiger partial charge is 0.507 e. The molecule has 0 unspecified atom stereocenters. The van der Waals surface area contributed by atoms with Crippen LogP contribution < -0.4 is 10.0 Å². The number of nitrogens with zero attached hydrogens (tertiary/aromatic N) is 1. The van der Waals surface area contributed by atoms with Crippen molar-refractivity contribution < 1.29 is 27.9 Å². The quantitative estimate of drug-likeness (QED) is 0.183. The summed E-state index contributed by atoms with van der Waals surface area (Å²) in [5, 5.41) is 16.6. The van der Waals surface area contributed by atoms with Gasteiger partial charge in [0, 0.05) is 17.0 Å². The van der Waals surface area contributed by atoms with Gasteiger partial charge in [0.2, 0.25) is 0 Å². The number of esters is 1. The Kier molecular flexibility index (Phi) is 7.91. The Labute approximate surface area is 237 Å². The number of amides is 1. The number of aromatic hydroxyl groups is 1. The van der Waals surface area contributed by atoms with Gasteiger partial charge >= 0.3 is 5.97 Å². The molecule has 0 radical (unpaired) electrons. The van der Waals surface area contributed by atoms with E-state index in [-0.39, 0.29) is 15.5 Å². The molecule has 0 saturated carbocycles. The highest BCUT2D eigenvalue weighted by Crippen LogP contribution is 2.28. The molecule has 9 nitrogen and oxygen atoms in total. The summed E-state index contributed by atoms with van der Waals surface area (Å²) in [4.78, 5) is 29.2. The first-order chi connectivity index (χ1) is 19.3. The molecule has 0 atom stereocenters. The predicted molar refractivity (Wildman–Crippen MR) is 155 cm³/mol. The van der Waals surface area contributed by atoms with Crippen LogP contribution >= 0.6 is 22.7 Å². The number of rotatable bonds is 9. The van der Waals surface area contributed by atoms with Crippen molar-refractivity contribution in [3.63, 3.8) is 0 Å². The summed E-state index contributed by atoms with van der Waals surface area (Å²) in [5.41, 5.74) is 3.61. The second kappa shape index (κ2) is 11.7. The number of phenolic OH excluding ortho intramolecular Hbond substituents is 1. The summed E-state index contributed by atoms with van der Waals surface area (Å²) in [6.07, 6.45) is 0. The van der Waals surface area contributed by atoms with Crippen LogP contribution in [-0.2, 0) is 19.6 Å². The van der Waals surface area contributed by atoms with Gasteiger partial charge in [0.25, 0.3) is 15.9 Å². The van der Waals surface area contributed by atoms with Gasteiger partial charge in [-0.05, 0) is 34.7 Å². The van der Waals surface area contributed by atoms with E-state index in [0.717, 1.165) is 34.1 Å². The molecule has 5 aromatic rings. The number of thiazole rings is 1. The van der Waals surface area contributed by atoms with Crippen molar-refractivity contribution in [1.29, 1.82) is 0 Å². The van der Waals surface area contributed by atoms with Crippen LogP contribution in [0.15, 0.2) is 99.9 Å². The monoisotopic (exact) mass is 591 g/mol. The Morgan fingerprint density at radius 1 is 0.875 bits per heavy atom. The van der Waals surface area contributed by atoms with Gasteiger partial charge in [-0.15, -0.1) is 22.7 Å². The van der Waals surface area contributed by atoms with Gasteiger partial charge in [0.05, 0.1) is 11.4 Å². The van der Waals surface area contributed by atoms with Crippen LogP contribution in [0.3, 0.4) is 0 Å². The number of aromatic nitrogens is 1. The third-order valence-electron chi connectivity index (χ3n) is 5.60. The van der Waals surface area contributed by atoms with Crippen molar-refractivity contribution in [3.05, 3.63) is 101 Å². The maximum absolute atomic E-state index is 12.4. The molecule has 12 heteroatoms. The lowest BCUT2D eigenvalue weighted by atomic mass is 10.0. The number of phenols is 1. The van der Waals surface area contributed by atoms with Crippen molar-refractivity contribution in [3.8, 4) is 28.1 Å². The summed E-state index contributed by atoms with van der Waals surface area (Å²) in [5.74, 6) is -2.05. The SMILES string of the molecule is O=C(COC(=O)c1ccc(NS(=O)(=O)c2cccs2)cc1O)Nc1nc(-c2ccc(-c3ccccc3)cc2)cs1. The van der Waals surface area contributed by atoms with Gasteiger partial charge < -0.3 is 9.84 Å². The standard InChI is InChI=1S/C28H21N3O6S3/c32-24-15-21(31-40(35,36)26-7-4-14-38-26)12-13-22(24)27(34)37-16-25(33)30-28-29-23(17-39-28)20-10-8-19(9-11-20)18-5-2-1-3-6-18/h1-15,17,31-32H,16H2,(H,29,30,33). The number of carbonyl (C=O) groups excluding carboxylic acids is 2. The highest BCUT2D eigenvalue weighted by molar-refractivity contribution is 7.94. The molecule has 40 heavy (non-hydrogen) atoms. The highest BCUT2D eigenvalue weighted by atomic mass is 32.2. The molecule has 3 N–H and O–H groups in total. The first kappa shape index (κ1) is 27.1. The Bertz CT molecular complexity index is 1750. The normalized spacial score (nSPS) is 11.1. The van der Waals surface area contributed by atoms with Crippen LogP contribution in [0.2, 0.25) is 0 Å². The van der Waals surface area contributed by atoms with E-state index in [0.29, 0.717) is 10.8 Å². The minimum atomic E-state index is -3.82. The number of ether oxygens (including phenoxy) is 1. The minimum absolute atomic E-state index is 0.0643. The van der Waals surface area contributed by atoms with E-state index < -0.39 is 34.3 Å². The number of nitrogens with one attached hydrogen (secondary N) is 2. The second-order valence-corrected chi connectivity index (χ2v) is 12.1. The molecular formula is C28H21N3O6S3. The maximum Gasteiger partial charge on any atom is 0.342 e. The van der Waals surface area contributed by atoms with Gasteiger partial charge in [0.1, 0.15) is 15.5 Å². The maximum atomic E-state index is 12.4. The second-order valence-electron chi connectivity index (χ2n) is 8.38. The van der Waals surface area contributed by atoms with Crippen molar-refractivity contribution in [2.45, 2.75) is 4.21 Å². The van der Waals surface area contributed by atoms with E-state index in [2.05, 4.69) is 15.0 Å². The van der Waals surface area contributed by atoms with E-state index in [1.807, 2.05) is 60.0 Å². The number of anilines is 2. The molecule has 0 aliphatic rings. The van der Waals surface area contributed by atoms with Crippen molar-refractivity contribution in [2.24, 2.45) is 0 Å². The molecule has 0 spiro atoms. The third kappa shape index (κ3) is 6.37. The van der Waals surface area contributed by atoms with Gasteiger partial charge in [0.15, 0.2) is 11.7 Å². The van der Waals surface area contributed by atoms with Gasteiger partial charge in [-0.3, -0.25) is 14.8 Å². The molecule has 1 amide bonds. The Morgan fingerprint density at radius 3 is 2.30 bits per heavy atom. The average Bonchev–Trinajstić information content (AvgIpc) is 3.66. The molecule has 0 saturated heterocycles. The fraction of sp³-hybridized carbons (Fsp3) is 0.0357. The zero-order valence-corrected chi connectivity index (χ0v) is 23.1. The Balaban J connectivity index is 1.15. The van der Waals surface area contributed by atoms with Crippen molar-refractivity contribution in [2.75, 3.05) is 16.6 Å². The lowest BCUT2D eigenvalue weighted by Gasteiger charge is -2.09. The predicted octanol–water partition coefficient (Wildman–Crippen LogP) is 5.84. The van der Waals surface area contributed by atoms with Crippen LogP contribution in [0, 0.1) is 0 Å². The van der Waals surface area contributed by atoms with Gasteiger partial charge in [-0.2, -0.15) is 0 Å². The first-order valence-corrected chi connectivity index (χ1v) is 15.0. The Hall–Kier alpha value is -4.52. The van der Waals surface area contributed by atoms with E-state index in [4.69, 9.17) is 4.74 Å². The zero-order valence-electron chi connectivity index (χ0n) is 20.6. The molecule has 5 rings (SSSR count). The molecule has 0 fully saturated rings. The molecular weight excluding hydrogens is 571 g/mol. The Morgan fingerprint density at radius 2 is 1.60 bits per heavy atom. The fourth-order valence-corrected chi connectivity index (χ4v) is 6.46. The van der Waals surface area contributed by atoms with Crippen LogP contribution in [0.1, 0.15) is 10.4 Å². The minimum Gasteiger partial charge on any atom is -0.507 e. The van der Waals surface area contributed by atoms with Crippen LogP contribution in [0.25, 0.3) is 22.4 Å². The fourth-order valence-electron chi connectivity index (χ4n) is 3.68. The summed E-state index contributed by atoms with van der Waals surface area (Å²) in [7, 11) is -3.82. The molecule has 2 aromatic heterocycles. The summed E-state index contributed by atoms with van der Waals surface area (Å²) < 4.78 is 32.1. The topological polar surface area (TPSA) is 135 Å². The van der Waals surface area contributed by atoms with Crippen molar-refractivity contribution in [1.82, 2.24) is 4.98 Å². The summed E-state index contributed by atoms with van der Waals surface area (Å²) in [6.45, 7) is -0.605. The van der Waals surface area contributed by atoms with E-state index in [1.165, 1.54) is 29.5 Å². The number of sulfonamides is 1. The zero-order chi connectivity index (χ0) is 28.1. The number of hydrogen-bond acceptors (Lipinski definition) is 9. The summed E-state index contributed by atoms with van der Waals surface area (Å²) >= 11 is 2.27. The van der Waals surface area contributed by atoms with Crippen LogP contribution in [-0.4, -0.2) is 37.0 Å². The van der Waals surface area contributed by atoms with Crippen LogP contribution in [0.4, 0.5) is 10.8 Å². The molecule has 0 aliphatic heterocycles. The molecule has 3 aromatic carbocycles. The molecule has 0 aliphatic carbocycles. The molecule has 202 valence electrons. The van der Waals surface area contributed by atoms with E-state index >= 15 is 0 Å². The molecule has 0 bridgehead atoms. The number of benzene rings is 3. The number of carbonyl (C=O) groups is 2. The van der Waals surface area contributed by atoms with Gasteiger partial charge in [-0.1, -0.05) is 60.7 Å². The summed E-state index contributed by atoms with van der Waals surface area (Å²) in [6, 6.07) is 24.6. The first-order valence-electron chi connectivity index (χ1n) is 11.8. The number of hydrogen-bond donors (Lipinski definition) is 3. The molecule has 2 heterocycles. The van der Waals surface area contributed by atoms with E-state index in [1.54, 1.807) is 11.4 Å². The smallest absolute Gasteiger partial charge is 0.342 e. The van der Waals surface area contributed by atoms with Gasteiger partial charge in [-0.25, -0.2) is 18.2 Å². The third-order valence-corrected chi connectivity index (χ3v) is 9.14. The van der Waals surface area contributed by atoms with Crippen LogP contribution in [0.5, 0.6) is 5.75 Å². The lowest BCUT2D eigenvalue weighted by molar-refractivity contribution is -0.119. The van der Waals surface area contributed by atoms with E-state index in [9.17, 15) is 23.1 Å². The van der Waals surface area contributed by atoms with Crippen molar-refractivity contribution >= 4 is 55.4 Å². The highest BCUT2D eigenvalue weighted by Gasteiger charge is 2.19.